The molecule has 1 fully saturated rings. The van der Waals surface area contributed by atoms with Gasteiger partial charge in [0.05, 0.1) is 0 Å². The van der Waals surface area contributed by atoms with E-state index in [0.717, 1.165) is 50.5 Å². The molecule has 1 aromatic rings. The highest BCUT2D eigenvalue weighted by molar-refractivity contribution is 5.80. The minimum absolute atomic E-state index is 0.0445. The molecule has 0 aromatic heterocycles. The van der Waals surface area contributed by atoms with Gasteiger partial charge in [0.1, 0.15) is 5.75 Å². The predicted molar refractivity (Wildman–Crippen MR) is 102 cm³/mol. The van der Waals surface area contributed by atoms with Crippen molar-refractivity contribution in [2.45, 2.75) is 39.2 Å². The van der Waals surface area contributed by atoms with Crippen molar-refractivity contribution in [3.8, 4) is 5.75 Å². The summed E-state index contributed by atoms with van der Waals surface area (Å²) in [7, 11) is 2.16. The molecule has 0 radical (unpaired) electrons. The Morgan fingerprint density at radius 1 is 1.16 bits per heavy atom. The minimum Gasteiger partial charge on any atom is -0.481 e. The van der Waals surface area contributed by atoms with Crippen molar-refractivity contribution in [1.29, 1.82) is 0 Å². The number of ether oxygens (including phenoxy) is 1. The van der Waals surface area contributed by atoms with Crippen LogP contribution in [-0.4, -0.2) is 68.1 Å². The Bertz CT molecular complexity index is 539. The van der Waals surface area contributed by atoms with Crippen molar-refractivity contribution in [2.24, 2.45) is 0 Å². The van der Waals surface area contributed by atoms with Crippen LogP contribution in [0.2, 0.25) is 0 Å². The summed E-state index contributed by atoms with van der Waals surface area (Å²) < 4.78 is 5.90. The number of para-hydroxylation sites is 1. The van der Waals surface area contributed by atoms with E-state index < -0.39 is 6.10 Å². The highest BCUT2D eigenvalue weighted by atomic mass is 16.5. The Morgan fingerprint density at radius 2 is 1.84 bits per heavy atom. The van der Waals surface area contributed by atoms with Crippen molar-refractivity contribution in [3.63, 3.8) is 0 Å². The minimum atomic E-state index is -0.483. The molecule has 5 nitrogen and oxygen atoms in total. The van der Waals surface area contributed by atoms with E-state index in [-0.39, 0.29) is 5.91 Å². The first-order valence-electron chi connectivity index (χ1n) is 9.41. The van der Waals surface area contributed by atoms with E-state index in [1.165, 1.54) is 0 Å². The summed E-state index contributed by atoms with van der Waals surface area (Å²) in [6, 6.07) is 7.94. The number of rotatable bonds is 8. The molecule has 0 aliphatic carbocycles. The van der Waals surface area contributed by atoms with Crippen LogP contribution in [0.1, 0.15) is 38.7 Å². The molecule has 0 bridgehead atoms. The van der Waals surface area contributed by atoms with Gasteiger partial charge >= 0.3 is 0 Å². The third-order valence-corrected chi connectivity index (χ3v) is 4.76. The summed E-state index contributed by atoms with van der Waals surface area (Å²) in [4.78, 5) is 17.1. The van der Waals surface area contributed by atoms with E-state index in [9.17, 15) is 4.79 Å². The topological polar surface area (TPSA) is 44.8 Å². The van der Waals surface area contributed by atoms with Crippen LogP contribution in [0.4, 0.5) is 0 Å². The summed E-state index contributed by atoms with van der Waals surface area (Å²) in [6.45, 7) is 12.3. The molecule has 1 N–H and O–H groups in total. The average Bonchev–Trinajstić information content (AvgIpc) is 2.60. The van der Waals surface area contributed by atoms with Crippen molar-refractivity contribution in [2.75, 3.05) is 46.3 Å². The van der Waals surface area contributed by atoms with E-state index in [1.54, 1.807) is 0 Å². The Hall–Kier alpha value is -1.59. The quantitative estimate of drug-likeness (QED) is 0.733. The lowest BCUT2D eigenvalue weighted by atomic mass is 10.0. The van der Waals surface area contributed by atoms with Crippen LogP contribution in [0.15, 0.2) is 24.3 Å². The third kappa shape index (κ3) is 6.33. The highest BCUT2D eigenvalue weighted by Gasteiger charge is 2.17. The second kappa shape index (κ2) is 9.78. The SMILES string of the molecule is CC(C)c1ccccc1O[C@H](C)C(=O)NCCCN1CCN(C)CC1. The molecule has 1 atom stereocenters. The van der Waals surface area contributed by atoms with Crippen molar-refractivity contribution >= 4 is 5.91 Å². The number of carbonyl (C=O) groups excluding carboxylic acids is 1. The summed E-state index contributed by atoms with van der Waals surface area (Å²) in [5.41, 5.74) is 1.14. The maximum absolute atomic E-state index is 12.3. The van der Waals surface area contributed by atoms with Gasteiger partial charge in [-0.15, -0.1) is 0 Å². The van der Waals surface area contributed by atoms with Crippen LogP contribution in [-0.2, 0) is 4.79 Å². The van der Waals surface area contributed by atoms with Crippen LogP contribution in [0.3, 0.4) is 0 Å². The van der Waals surface area contributed by atoms with Crippen LogP contribution in [0.5, 0.6) is 5.75 Å². The van der Waals surface area contributed by atoms with Gasteiger partial charge in [0.15, 0.2) is 6.10 Å². The number of nitrogens with zero attached hydrogens (tertiary/aromatic N) is 2. The van der Waals surface area contributed by atoms with Crippen LogP contribution >= 0.6 is 0 Å². The van der Waals surface area contributed by atoms with Gasteiger partial charge in [-0.3, -0.25) is 4.79 Å². The molecule has 25 heavy (non-hydrogen) atoms. The second-order valence-corrected chi connectivity index (χ2v) is 7.24. The normalized spacial score (nSPS) is 17.5. The lowest BCUT2D eigenvalue weighted by Crippen LogP contribution is -2.45. The van der Waals surface area contributed by atoms with Crippen molar-refractivity contribution in [3.05, 3.63) is 29.8 Å². The zero-order valence-corrected chi connectivity index (χ0v) is 16.1. The van der Waals surface area contributed by atoms with Gasteiger partial charge < -0.3 is 19.9 Å². The lowest BCUT2D eigenvalue weighted by molar-refractivity contribution is -0.127. The van der Waals surface area contributed by atoms with E-state index in [0.29, 0.717) is 12.5 Å². The first kappa shape index (κ1) is 19.7. The van der Waals surface area contributed by atoms with E-state index in [2.05, 4.69) is 42.1 Å². The fraction of sp³-hybridized carbons (Fsp3) is 0.650. The first-order valence-corrected chi connectivity index (χ1v) is 9.41. The Labute approximate surface area is 152 Å². The first-order chi connectivity index (χ1) is 12.0. The molecule has 1 aliphatic heterocycles. The number of amides is 1. The Kier molecular flexibility index (Phi) is 7.72. The Morgan fingerprint density at radius 3 is 2.52 bits per heavy atom. The molecular weight excluding hydrogens is 314 g/mol. The summed E-state index contributed by atoms with van der Waals surface area (Å²) >= 11 is 0. The largest absolute Gasteiger partial charge is 0.481 e. The van der Waals surface area contributed by atoms with Crippen LogP contribution < -0.4 is 10.1 Å². The Balaban J connectivity index is 1.70. The molecule has 1 saturated heterocycles. The molecule has 2 rings (SSSR count). The zero-order chi connectivity index (χ0) is 18.2. The van der Waals surface area contributed by atoms with E-state index in [4.69, 9.17) is 4.74 Å². The number of hydrogen-bond acceptors (Lipinski definition) is 4. The zero-order valence-electron chi connectivity index (χ0n) is 16.1. The third-order valence-electron chi connectivity index (χ3n) is 4.76. The van der Waals surface area contributed by atoms with E-state index >= 15 is 0 Å². The molecule has 140 valence electrons. The van der Waals surface area contributed by atoms with Gasteiger partial charge in [-0.2, -0.15) is 0 Å². The number of likely N-dealkylation sites (N-methyl/N-ethyl adjacent to an activating group) is 1. The summed E-state index contributed by atoms with van der Waals surface area (Å²) in [5, 5.41) is 3.00. The summed E-state index contributed by atoms with van der Waals surface area (Å²) in [6.07, 6.45) is 0.494. The number of carbonyl (C=O) groups is 1. The molecule has 0 unspecified atom stereocenters. The van der Waals surface area contributed by atoms with Gasteiger partial charge in [0.25, 0.3) is 5.91 Å². The predicted octanol–water partition coefficient (Wildman–Crippen LogP) is 2.33. The van der Waals surface area contributed by atoms with Crippen molar-refractivity contribution < 1.29 is 9.53 Å². The molecule has 5 heteroatoms. The molecule has 1 aromatic carbocycles. The highest BCUT2D eigenvalue weighted by Crippen LogP contribution is 2.26. The number of hydrogen-bond donors (Lipinski definition) is 1. The summed E-state index contributed by atoms with van der Waals surface area (Å²) in [5.74, 6) is 1.13. The number of nitrogens with one attached hydrogen (secondary N) is 1. The number of piperazine rings is 1. The van der Waals surface area contributed by atoms with Gasteiger partial charge in [-0.05, 0) is 44.5 Å². The van der Waals surface area contributed by atoms with Crippen molar-refractivity contribution in [1.82, 2.24) is 15.1 Å². The second-order valence-electron chi connectivity index (χ2n) is 7.24. The fourth-order valence-electron chi connectivity index (χ4n) is 3.04. The molecule has 1 heterocycles. The van der Waals surface area contributed by atoms with Gasteiger partial charge in [0.2, 0.25) is 0 Å². The maximum Gasteiger partial charge on any atom is 0.260 e. The fourth-order valence-corrected chi connectivity index (χ4v) is 3.04. The van der Waals surface area contributed by atoms with Gasteiger partial charge in [-0.25, -0.2) is 0 Å². The monoisotopic (exact) mass is 347 g/mol. The van der Waals surface area contributed by atoms with E-state index in [1.807, 2.05) is 25.1 Å². The average molecular weight is 348 g/mol. The van der Waals surface area contributed by atoms with Crippen LogP contribution in [0, 0.1) is 0 Å². The molecule has 0 saturated carbocycles. The standard InChI is InChI=1S/C20H33N3O2/c1-16(2)18-8-5-6-9-19(18)25-17(3)20(24)21-10-7-11-23-14-12-22(4)13-15-23/h5-6,8-9,16-17H,7,10-15H2,1-4H3,(H,21,24)/t17-/m1/s1. The maximum atomic E-state index is 12.3. The number of benzene rings is 1. The van der Waals surface area contributed by atoms with Crippen LogP contribution in [0.25, 0.3) is 0 Å². The molecule has 0 spiro atoms. The lowest BCUT2D eigenvalue weighted by Gasteiger charge is -2.32. The smallest absolute Gasteiger partial charge is 0.260 e. The van der Waals surface area contributed by atoms with Gasteiger partial charge in [0, 0.05) is 32.7 Å². The van der Waals surface area contributed by atoms with Gasteiger partial charge in [-0.1, -0.05) is 32.0 Å². The molecule has 1 aliphatic rings. The molecular formula is C20H33N3O2. The molecule has 1 amide bonds.